The zero-order chi connectivity index (χ0) is 30.7. The average molecular weight is 657 g/mol. The second kappa shape index (κ2) is 13.2. The number of sulfonamides is 2. The molecule has 0 saturated heterocycles. The molecule has 2 atom stereocenters. The molecule has 2 unspecified atom stereocenters. The Hall–Kier alpha value is -2.82. The number of nitrogens with zero attached hydrogens (tertiary/aromatic N) is 6. The summed E-state index contributed by atoms with van der Waals surface area (Å²) >= 11 is -3.93. The van der Waals surface area contributed by atoms with Gasteiger partial charge >= 0.3 is 0 Å². The fraction of sp³-hybridized carbons (Fsp3) is 0.462. The lowest BCUT2D eigenvalue weighted by Crippen LogP contribution is -2.34. The molecule has 2 aromatic rings. The van der Waals surface area contributed by atoms with Crippen LogP contribution in [0.1, 0.15) is 63.5 Å². The average Bonchev–Trinajstić information content (AvgIpc) is 3.40. The number of hydrogen-bond donors (Lipinski definition) is 0. The fourth-order valence-corrected chi connectivity index (χ4v) is 10.3. The van der Waals surface area contributed by atoms with Crippen LogP contribution in [0.4, 0.5) is 0 Å². The first-order valence-corrected chi connectivity index (χ1v) is 18.6. The van der Waals surface area contributed by atoms with Crippen molar-refractivity contribution in [3.05, 3.63) is 59.7 Å². The van der Waals surface area contributed by atoms with E-state index in [4.69, 9.17) is 0 Å². The van der Waals surface area contributed by atoms with Gasteiger partial charge < -0.3 is 0 Å². The zero-order valence-electron chi connectivity index (χ0n) is 24.0. The predicted molar refractivity (Wildman–Crippen MR) is 164 cm³/mol. The standard InChI is InChI=1S/C26H36N6O6S4/c1-21-11-15-25(16-12-21)41(35,36)31-27-23(3)29(39(31)33)19-9-7-5-6-8-10-20-30-24(4)28-32(40(30)34)42(37,38)26-17-13-22(2)14-18-26/h11-18H,5-10,19-20H2,1-4H3. The molecule has 2 heterocycles. The van der Waals surface area contributed by atoms with Crippen LogP contribution in [0.3, 0.4) is 0 Å². The van der Waals surface area contributed by atoms with Crippen LogP contribution in [0.2, 0.25) is 0 Å². The second-order valence-corrected chi connectivity index (χ2v) is 16.6. The molecule has 0 saturated carbocycles. The molecule has 0 fully saturated rings. The van der Waals surface area contributed by atoms with E-state index in [0.717, 1.165) is 36.8 Å². The Labute approximate surface area is 253 Å². The summed E-state index contributed by atoms with van der Waals surface area (Å²) in [4.78, 5) is 0.0827. The van der Waals surface area contributed by atoms with Crippen LogP contribution in [0, 0.1) is 13.8 Å². The Bertz CT molecular complexity index is 1490. The SMILES string of the molecule is CC1=NN(S(=O)(=O)c2ccc(C)cc2)S(=O)N1CCCCCCCCN1C(C)=NN(S(=O)(=O)c2ccc(C)cc2)S1=O. The number of benzene rings is 2. The summed E-state index contributed by atoms with van der Waals surface area (Å²) in [6.45, 7) is 7.82. The smallest absolute Gasteiger partial charge is 0.258 e. The minimum Gasteiger partial charge on any atom is -0.258 e. The lowest BCUT2D eigenvalue weighted by molar-refractivity contribution is 0.507. The summed E-state index contributed by atoms with van der Waals surface area (Å²) in [5, 5.41) is 8.12. The van der Waals surface area contributed by atoms with Gasteiger partial charge in [0.05, 0.1) is 9.79 Å². The maximum absolute atomic E-state index is 13.0. The van der Waals surface area contributed by atoms with Gasteiger partial charge in [-0.3, -0.25) is 8.61 Å². The first-order chi connectivity index (χ1) is 19.8. The van der Waals surface area contributed by atoms with Crippen LogP contribution < -0.4 is 0 Å². The minimum atomic E-state index is -4.03. The third kappa shape index (κ3) is 6.87. The van der Waals surface area contributed by atoms with Crippen molar-refractivity contribution in [2.24, 2.45) is 10.2 Å². The van der Waals surface area contributed by atoms with Gasteiger partial charge in [0.1, 0.15) is 11.7 Å². The number of aryl methyl sites for hydroxylation is 2. The number of amidine groups is 2. The quantitative estimate of drug-likeness (QED) is 0.301. The predicted octanol–water partition coefficient (Wildman–Crippen LogP) is 3.78. The zero-order valence-corrected chi connectivity index (χ0v) is 27.3. The van der Waals surface area contributed by atoms with Crippen molar-refractivity contribution in [3.63, 3.8) is 0 Å². The monoisotopic (exact) mass is 656 g/mol. The Morgan fingerprint density at radius 3 is 1.19 bits per heavy atom. The van der Waals surface area contributed by atoms with Gasteiger partial charge in [0, 0.05) is 13.1 Å². The summed E-state index contributed by atoms with van der Waals surface area (Å²) in [5.74, 6) is 0.774. The van der Waals surface area contributed by atoms with Crippen LogP contribution in [0.15, 0.2) is 68.5 Å². The van der Waals surface area contributed by atoms with E-state index in [-0.39, 0.29) is 9.79 Å². The summed E-state index contributed by atoms with van der Waals surface area (Å²) < 4.78 is 82.0. The Balaban J connectivity index is 1.17. The molecule has 2 aliphatic rings. The van der Waals surface area contributed by atoms with Crippen LogP contribution >= 0.6 is 0 Å². The maximum Gasteiger partial charge on any atom is 0.292 e. The van der Waals surface area contributed by atoms with Gasteiger partial charge in [0.2, 0.25) is 0 Å². The largest absolute Gasteiger partial charge is 0.292 e. The highest BCUT2D eigenvalue weighted by Gasteiger charge is 2.39. The number of hydrazone groups is 2. The molecule has 0 aliphatic carbocycles. The molecule has 2 aliphatic heterocycles. The fourth-order valence-electron chi connectivity index (χ4n) is 4.37. The molecular weight excluding hydrogens is 621 g/mol. The lowest BCUT2D eigenvalue weighted by atomic mass is 10.1. The molecule has 230 valence electrons. The highest BCUT2D eigenvalue weighted by molar-refractivity contribution is 8.01. The van der Waals surface area contributed by atoms with E-state index in [2.05, 4.69) is 10.2 Å². The first kappa shape index (κ1) is 32.1. The number of unbranched alkanes of at least 4 members (excludes halogenated alkanes) is 5. The highest BCUT2D eigenvalue weighted by Crippen LogP contribution is 2.27. The van der Waals surface area contributed by atoms with Crippen LogP contribution in [-0.4, -0.2) is 66.3 Å². The van der Waals surface area contributed by atoms with E-state index in [1.807, 2.05) is 13.8 Å². The Kier molecular flexibility index (Phi) is 10.1. The summed E-state index contributed by atoms with van der Waals surface area (Å²) in [7, 11) is -8.05. The molecule has 42 heavy (non-hydrogen) atoms. The Morgan fingerprint density at radius 1 is 0.548 bits per heavy atom. The van der Waals surface area contributed by atoms with Crippen molar-refractivity contribution in [1.82, 2.24) is 16.2 Å². The topological polar surface area (TPSA) is 140 Å². The molecule has 0 radical (unpaired) electrons. The van der Waals surface area contributed by atoms with E-state index < -0.39 is 42.4 Å². The number of rotatable bonds is 13. The molecule has 0 N–H and O–H groups in total. The molecule has 0 amide bonds. The van der Waals surface area contributed by atoms with Gasteiger partial charge in [-0.2, -0.15) is 16.8 Å². The van der Waals surface area contributed by atoms with Crippen LogP contribution in [-0.2, 0) is 42.4 Å². The van der Waals surface area contributed by atoms with E-state index in [1.165, 1.54) is 32.9 Å². The molecule has 0 spiro atoms. The molecule has 4 rings (SSSR count). The van der Waals surface area contributed by atoms with Gasteiger partial charge in [-0.15, -0.1) is 10.2 Å². The van der Waals surface area contributed by atoms with Gasteiger partial charge in [-0.25, -0.2) is 8.42 Å². The lowest BCUT2D eigenvalue weighted by Gasteiger charge is -2.19. The minimum absolute atomic E-state index is 0.0414. The third-order valence-electron chi connectivity index (χ3n) is 6.84. The molecule has 0 aromatic heterocycles. The second-order valence-electron chi connectivity index (χ2n) is 10.1. The molecule has 2 aromatic carbocycles. The first-order valence-electron chi connectivity index (χ1n) is 13.6. The van der Waals surface area contributed by atoms with E-state index in [9.17, 15) is 25.3 Å². The Morgan fingerprint density at radius 2 is 0.857 bits per heavy atom. The van der Waals surface area contributed by atoms with E-state index in [0.29, 0.717) is 45.2 Å². The summed E-state index contributed by atoms with van der Waals surface area (Å²) in [6.07, 6.45) is 4.95. The molecule has 0 bridgehead atoms. The van der Waals surface area contributed by atoms with Crippen LogP contribution in [0.25, 0.3) is 0 Å². The maximum atomic E-state index is 13.0. The van der Waals surface area contributed by atoms with Crippen molar-refractivity contribution >= 4 is 54.1 Å². The van der Waals surface area contributed by atoms with Crippen molar-refractivity contribution in [2.45, 2.75) is 76.0 Å². The van der Waals surface area contributed by atoms with E-state index >= 15 is 0 Å². The van der Waals surface area contributed by atoms with Crippen molar-refractivity contribution in [1.29, 1.82) is 0 Å². The van der Waals surface area contributed by atoms with Crippen LogP contribution in [0.5, 0.6) is 0 Å². The normalized spacial score (nSPS) is 19.4. The molecule has 12 nitrogen and oxygen atoms in total. The van der Waals surface area contributed by atoms with Gasteiger partial charge in [0.25, 0.3) is 42.4 Å². The highest BCUT2D eigenvalue weighted by atomic mass is 32.3. The van der Waals surface area contributed by atoms with Gasteiger partial charge in [0.15, 0.2) is 0 Å². The molecule has 16 heteroatoms. The van der Waals surface area contributed by atoms with Crippen molar-refractivity contribution < 1.29 is 25.3 Å². The van der Waals surface area contributed by atoms with E-state index in [1.54, 1.807) is 38.1 Å². The summed E-state index contributed by atoms with van der Waals surface area (Å²) in [5.41, 5.74) is 1.84. The molecular formula is C26H36N6O6S4. The van der Waals surface area contributed by atoms with Gasteiger partial charge in [-0.05, 0) is 64.8 Å². The third-order valence-corrected chi connectivity index (χ3v) is 13.8. The van der Waals surface area contributed by atoms with Crippen molar-refractivity contribution in [2.75, 3.05) is 13.1 Å². The number of hydrogen-bond acceptors (Lipinski definition) is 8. The summed E-state index contributed by atoms with van der Waals surface area (Å²) in [6, 6.07) is 12.7. The van der Waals surface area contributed by atoms with Crippen molar-refractivity contribution in [3.8, 4) is 0 Å². The van der Waals surface area contributed by atoms with Gasteiger partial charge in [-0.1, -0.05) is 68.7 Å².